The quantitative estimate of drug-likeness (QED) is 0.724. The Kier molecular flexibility index (Phi) is 5.58. The zero-order valence-electron chi connectivity index (χ0n) is 17.4. The molecule has 0 aliphatic carbocycles. The van der Waals surface area contributed by atoms with Crippen LogP contribution < -0.4 is 9.64 Å². The van der Waals surface area contributed by atoms with Crippen molar-refractivity contribution in [2.45, 2.75) is 25.4 Å². The van der Waals surface area contributed by atoms with Crippen LogP contribution in [-0.4, -0.2) is 64.8 Å². The molecule has 2 saturated heterocycles. The van der Waals surface area contributed by atoms with E-state index in [4.69, 9.17) is 16.3 Å². The van der Waals surface area contributed by atoms with Gasteiger partial charge in [0.1, 0.15) is 23.7 Å². The van der Waals surface area contributed by atoms with Crippen molar-refractivity contribution in [3.63, 3.8) is 0 Å². The third-order valence-corrected chi connectivity index (χ3v) is 6.19. The van der Waals surface area contributed by atoms with Gasteiger partial charge in [0.2, 0.25) is 11.8 Å². The summed E-state index contributed by atoms with van der Waals surface area (Å²) >= 11 is 5.99. The van der Waals surface area contributed by atoms with Crippen LogP contribution in [0, 0.1) is 0 Å². The highest BCUT2D eigenvalue weighted by atomic mass is 35.5. The van der Waals surface area contributed by atoms with Crippen molar-refractivity contribution >= 4 is 35.1 Å². The molecule has 3 amide bonds. The lowest BCUT2D eigenvalue weighted by molar-refractivity contribution is -0.151. The van der Waals surface area contributed by atoms with E-state index >= 15 is 0 Å². The van der Waals surface area contributed by atoms with Gasteiger partial charge in [0, 0.05) is 25.0 Å². The predicted octanol–water partition coefficient (Wildman–Crippen LogP) is 2.11. The monoisotopic (exact) mass is 442 g/mol. The molecule has 2 aliphatic rings. The van der Waals surface area contributed by atoms with E-state index in [2.05, 4.69) is 4.98 Å². The zero-order chi connectivity index (χ0) is 22.2. The molecule has 0 radical (unpaired) electrons. The molecule has 8 nitrogen and oxygen atoms in total. The van der Waals surface area contributed by atoms with Gasteiger partial charge in [0.15, 0.2) is 0 Å². The fraction of sp³-hybridized carbons (Fsp3) is 0.364. The molecule has 9 heteroatoms. The maximum atomic E-state index is 13.8. The number of nitrogens with zero attached hydrogens (tertiary/aromatic N) is 4. The first-order valence-corrected chi connectivity index (χ1v) is 10.3. The topological polar surface area (TPSA) is 83.0 Å². The van der Waals surface area contributed by atoms with E-state index in [0.717, 1.165) is 5.56 Å². The predicted molar refractivity (Wildman–Crippen MR) is 115 cm³/mol. The summed E-state index contributed by atoms with van der Waals surface area (Å²) in [4.78, 5) is 48.1. The first-order valence-electron chi connectivity index (χ1n) is 9.96. The van der Waals surface area contributed by atoms with Crippen LogP contribution in [0.4, 0.5) is 5.82 Å². The largest absolute Gasteiger partial charge is 0.495 e. The number of ether oxygens (including phenoxy) is 1. The number of hydrogen-bond donors (Lipinski definition) is 0. The molecule has 1 atom stereocenters. The summed E-state index contributed by atoms with van der Waals surface area (Å²) in [7, 11) is 1.53. The second-order valence-electron chi connectivity index (χ2n) is 7.78. The zero-order valence-corrected chi connectivity index (χ0v) is 18.1. The number of halogens is 1. The molecule has 3 heterocycles. The summed E-state index contributed by atoms with van der Waals surface area (Å²) in [5.74, 6) is 0.386. The van der Waals surface area contributed by atoms with Gasteiger partial charge in [0.05, 0.1) is 19.9 Å². The van der Waals surface area contributed by atoms with Crippen molar-refractivity contribution < 1.29 is 19.1 Å². The van der Waals surface area contributed by atoms with E-state index < -0.39 is 5.54 Å². The number of piperazine rings is 1. The van der Waals surface area contributed by atoms with Gasteiger partial charge in [-0.2, -0.15) is 0 Å². The average Bonchev–Trinajstić information content (AvgIpc) is 3.22. The SMILES string of the molecule is COc1ccc(N2CC(=O)N(Cc3ccc(Cl)cc3)[C@@]3(CCN(C(C)=O)C3)C2=O)nc1. The number of carbonyl (C=O) groups excluding carboxylic acids is 3. The number of pyridine rings is 1. The van der Waals surface area contributed by atoms with Crippen molar-refractivity contribution in [1.82, 2.24) is 14.8 Å². The van der Waals surface area contributed by atoms with Crippen molar-refractivity contribution in [1.29, 1.82) is 0 Å². The van der Waals surface area contributed by atoms with Crippen LogP contribution in [0.3, 0.4) is 0 Å². The average molecular weight is 443 g/mol. The number of anilines is 1. The summed E-state index contributed by atoms with van der Waals surface area (Å²) in [5, 5.41) is 0.597. The standard InChI is InChI=1S/C22H23ClN4O4/c1-15(28)25-10-9-22(14-25)21(30)26(19-8-7-18(31-2)11-24-19)13-20(29)27(22)12-16-3-5-17(23)6-4-16/h3-8,11H,9-10,12-14H2,1-2H3/t22-/m1/s1. The van der Waals surface area contributed by atoms with E-state index in [9.17, 15) is 14.4 Å². The van der Waals surface area contributed by atoms with Gasteiger partial charge >= 0.3 is 0 Å². The highest BCUT2D eigenvalue weighted by Gasteiger charge is 2.56. The summed E-state index contributed by atoms with van der Waals surface area (Å²) in [5.41, 5.74) is -0.273. The molecule has 2 fully saturated rings. The first kappa shape index (κ1) is 21.1. The number of hydrogen-bond acceptors (Lipinski definition) is 5. The van der Waals surface area contributed by atoms with Crippen LogP contribution >= 0.6 is 11.6 Å². The van der Waals surface area contributed by atoms with E-state index in [1.807, 2.05) is 12.1 Å². The minimum atomic E-state index is -1.14. The number of rotatable bonds is 4. The van der Waals surface area contributed by atoms with Crippen LogP contribution in [0.25, 0.3) is 0 Å². The van der Waals surface area contributed by atoms with Gasteiger partial charge in [-0.15, -0.1) is 0 Å². The highest BCUT2D eigenvalue weighted by Crippen LogP contribution is 2.36. The number of carbonyl (C=O) groups is 3. The van der Waals surface area contributed by atoms with Gasteiger partial charge in [-0.3, -0.25) is 19.3 Å². The molecular weight excluding hydrogens is 420 g/mol. The molecule has 4 rings (SSSR count). The van der Waals surface area contributed by atoms with Crippen molar-refractivity contribution in [3.8, 4) is 5.75 Å². The summed E-state index contributed by atoms with van der Waals surface area (Å²) in [6.07, 6.45) is 1.88. The second kappa shape index (κ2) is 8.19. The Balaban J connectivity index is 1.70. The maximum Gasteiger partial charge on any atom is 0.256 e. The molecule has 1 spiro atoms. The lowest BCUT2D eigenvalue weighted by atomic mass is 9.90. The highest BCUT2D eigenvalue weighted by molar-refractivity contribution is 6.30. The molecule has 162 valence electrons. The van der Waals surface area contributed by atoms with Gasteiger partial charge < -0.3 is 14.5 Å². The molecule has 1 aromatic heterocycles. The van der Waals surface area contributed by atoms with Gasteiger partial charge in [-0.1, -0.05) is 23.7 Å². The Labute approximate surface area is 185 Å². The van der Waals surface area contributed by atoms with Gasteiger partial charge in [-0.05, 0) is 36.2 Å². The minimum Gasteiger partial charge on any atom is -0.495 e. The number of aromatic nitrogens is 1. The Morgan fingerprint density at radius 2 is 1.94 bits per heavy atom. The smallest absolute Gasteiger partial charge is 0.256 e. The lowest BCUT2D eigenvalue weighted by Gasteiger charge is -2.47. The minimum absolute atomic E-state index is 0.117. The Morgan fingerprint density at radius 3 is 2.52 bits per heavy atom. The van der Waals surface area contributed by atoms with E-state index in [0.29, 0.717) is 29.6 Å². The van der Waals surface area contributed by atoms with Gasteiger partial charge in [0.25, 0.3) is 5.91 Å². The second-order valence-corrected chi connectivity index (χ2v) is 8.21. The number of amides is 3. The summed E-state index contributed by atoms with van der Waals surface area (Å²) in [6, 6.07) is 10.5. The van der Waals surface area contributed by atoms with Crippen LogP contribution in [-0.2, 0) is 20.9 Å². The Hall–Kier alpha value is -3.13. The van der Waals surface area contributed by atoms with E-state index in [1.165, 1.54) is 25.1 Å². The van der Waals surface area contributed by atoms with Crippen molar-refractivity contribution in [2.75, 3.05) is 31.6 Å². The number of likely N-dealkylation sites (tertiary alicyclic amines) is 1. The van der Waals surface area contributed by atoms with Crippen LogP contribution in [0.2, 0.25) is 5.02 Å². The third-order valence-electron chi connectivity index (χ3n) is 5.93. The van der Waals surface area contributed by atoms with Crippen LogP contribution in [0.15, 0.2) is 42.6 Å². The first-order chi connectivity index (χ1) is 14.8. The molecule has 0 bridgehead atoms. The summed E-state index contributed by atoms with van der Waals surface area (Å²) < 4.78 is 5.14. The molecule has 0 saturated carbocycles. The molecule has 0 N–H and O–H groups in total. The van der Waals surface area contributed by atoms with Crippen molar-refractivity contribution in [3.05, 3.63) is 53.2 Å². The Bertz CT molecular complexity index is 1010. The molecule has 1 aromatic carbocycles. The Morgan fingerprint density at radius 1 is 1.19 bits per heavy atom. The molecule has 2 aliphatic heterocycles. The van der Waals surface area contributed by atoms with Crippen molar-refractivity contribution in [2.24, 2.45) is 0 Å². The molecule has 0 unspecified atom stereocenters. The fourth-order valence-corrected chi connectivity index (χ4v) is 4.33. The third kappa shape index (κ3) is 3.83. The van der Waals surface area contributed by atoms with Gasteiger partial charge in [-0.25, -0.2) is 4.98 Å². The number of methoxy groups -OCH3 is 1. The van der Waals surface area contributed by atoms with Crippen LogP contribution in [0.5, 0.6) is 5.75 Å². The molecule has 2 aromatic rings. The maximum absolute atomic E-state index is 13.8. The molecular formula is C22H23ClN4O4. The summed E-state index contributed by atoms with van der Waals surface area (Å²) in [6.45, 7) is 2.19. The number of benzene rings is 1. The molecule has 31 heavy (non-hydrogen) atoms. The van der Waals surface area contributed by atoms with Crippen LogP contribution in [0.1, 0.15) is 18.9 Å². The normalized spacial score (nSPS) is 21.2. The van der Waals surface area contributed by atoms with E-state index in [1.54, 1.807) is 34.1 Å². The van der Waals surface area contributed by atoms with E-state index in [-0.39, 0.29) is 37.4 Å². The lowest BCUT2D eigenvalue weighted by Crippen LogP contribution is -2.69. The fourth-order valence-electron chi connectivity index (χ4n) is 4.21.